The van der Waals surface area contributed by atoms with Crippen molar-refractivity contribution in [3.63, 3.8) is 0 Å². The van der Waals surface area contributed by atoms with Crippen molar-refractivity contribution in [3.8, 4) is 11.5 Å². The van der Waals surface area contributed by atoms with Gasteiger partial charge >= 0.3 is 0 Å². The van der Waals surface area contributed by atoms with E-state index in [9.17, 15) is 0 Å². The summed E-state index contributed by atoms with van der Waals surface area (Å²) >= 11 is 1.53. The van der Waals surface area contributed by atoms with E-state index in [2.05, 4.69) is 22.4 Å². The second kappa shape index (κ2) is 6.58. The Balaban J connectivity index is 1.51. The minimum atomic E-state index is 0.0511. The predicted molar refractivity (Wildman–Crippen MR) is 92.5 cm³/mol. The van der Waals surface area contributed by atoms with E-state index in [4.69, 9.17) is 19.9 Å². The van der Waals surface area contributed by atoms with Crippen molar-refractivity contribution >= 4 is 16.5 Å². The quantitative estimate of drug-likeness (QED) is 0.864. The summed E-state index contributed by atoms with van der Waals surface area (Å²) in [5.74, 6) is 1.67. The molecular formula is C17H21N3O3S. The van der Waals surface area contributed by atoms with Gasteiger partial charge in [0.15, 0.2) is 16.6 Å². The van der Waals surface area contributed by atoms with Gasteiger partial charge in [-0.15, -0.1) is 11.3 Å². The Morgan fingerprint density at radius 1 is 1.21 bits per heavy atom. The van der Waals surface area contributed by atoms with Crippen LogP contribution in [0.4, 0.5) is 5.13 Å². The monoisotopic (exact) mass is 347 g/mol. The molecule has 7 heteroatoms. The van der Waals surface area contributed by atoms with Crippen molar-refractivity contribution in [3.05, 3.63) is 34.8 Å². The van der Waals surface area contributed by atoms with Gasteiger partial charge in [0.1, 0.15) is 0 Å². The number of hydrogen-bond donors (Lipinski definition) is 2. The predicted octanol–water partition coefficient (Wildman–Crippen LogP) is 2.29. The molecule has 0 radical (unpaired) electrons. The summed E-state index contributed by atoms with van der Waals surface area (Å²) in [6, 6.07) is 6.30. The van der Waals surface area contributed by atoms with Crippen LogP contribution in [0.1, 0.15) is 23.3 Å². The van der Waals surface area contributed by atoms with E-state index in [1.54, 1.807) is 0 Å². The number of nitrogen functional groups attached to an aromatic ring is 1. The SMILES string of the molecule is Nc1ncc(CNCC2(c3ccc4c(c3)OCO4)CCOCC2)s1. The molecule has 0 amide bonds. The molecule has 0 saturated carbocycles. The maximum absolute atomic E-state index is 5.70. The lowest BCUT2D eigenvalue weighted by atomic mass is 9.74. The molecule has 24 heavy (non-hydrogen) atoms. The number of hydrogen-bond acceptors (Lipinski definition) is 7. The van der Waals surface area contributed by atoms with E-state index in [1.807, 2.05) is 12.3 Å². The van der Waals surface area contributed by atoms with Crippen LogP contribution in [0.3, 0.4) is 0 Å². The van der Waals surface area contributed by atoms with E-state index < -0.39 is 0 Å². The van der Waals surface area contributed by atoms with E-state index in [1.165, 1.54) is 16.9 Å². The van der Waals surface area contributed by atoms with E-state index in [0.29, 0.717) is 11.9 Å². The van der Waals surface area contributed by atoms with Crippen LogP contribution in [0.15, 0.2) is 24.4 Å². The molecular weight excluding hydrogens is 326 g/mol. The third kappa shape index (κ3) is 3.07. The maximum Gasteiger partial charge on any atom is 0.231 e. The molecule has 0 aliphatic carbocycles. The Morgan fingerprint density at radius 2 is 2.04 bits per heavy atom. The number of nitrogens with one attached hydrogen (secondary N) is 1. The van der Waals surface area contributed by atoms with E-state index >= 15 is 0 Å². The lowest BCUT2D eigenvalue weighted by Gasteiger charge is -2.38. The molecule has 1 aromatic carbocycles. The molecule has 2 aliphatic rings. The Labute approximate surface area is 144 Å². The van der Waals surface area contributed by atoms with Crippen LogP contribution in [-0.4, -0.2) is 31.5 Å². The molecule has 128 valence electrons. The topological polar surface area (TPSA) is 78.6 Å². The average molecular weight is 347 g/mol. The molecule has 3 N–H and O–H groups in total. The molecule has 1 fully saturated rings. The highest BCUT2D eigenvalue weighted by molar-refractivity contribution is 7.15. The maximum atomic E-state index is 5.70. The number of nitrogens with zero attached hydrogens (tertiary/aromatic N) is 1. The third-order valence-corrected chi connectivity index (χ3v) is 5.60. The largest absolute Gasteiger partial charge is 0.454 e. The van der Waals surface area contributed by atoms with Gasteiger partial charge in [-0.3, -0.25) is 0 Å². The molecule has 1 aromatic heterocycles. The van der Waals surface area contributed by atoms with Crippen LogP contribution >= 0.6 is 11.3 Å². The summed E-state index contributed by atoms with van der Waals surface area (Å²) in [7, 11) is 0. The van der Waals surface area contributed by atoms with Gasteiger partial charge in [-0.1, -0.05) is 6.07 Å². The molecule has 0 unspecified atom stereocenters. The normalized spacial score (nSPS) is 18.7. The molecule has 6 nitrogen and oxygen atoms in total. The van der Waals surface area contributed by atoms with Gasteiger partial charge in [-0.05, 0) is 30.5 Å². The zero-order chi connectivity index (χ0) is 16.4. The summed E-state index contributed by atoms with van der Waals surface area (Å²) in [6.45, 7) is 3.53. The van der Waals surface area contributed by atoms with Crippen molar-refractivity contribution in [2.24, 2.45) is 0 Å². The van der Waals surface area contributed by atoms with Crippen molar-refractivity contribution in [2.75, 3.05) is 32.3 Å². The fraction of sp³-hybridized carbons (Fsp3) is 0.471. The highest BCUT2D eigenvalue weighted by Gasteiger charge is 2.35. The van der Waals surface area contributed by atoms with E-state index in [0.717, 1.165) is 55.5 Å². The summed E-state index contributed by atoms with van der Waals surface area (Å²) in [5.41, 5.74) is 7.03. The zero-order valence-electron chi connectivity index (χ0n) is 13.4. The first kappa shape index (κ1) is 15.7. The lowest BCUT2D eigenvalue weighted by molar-refractivity contribution is 0.0497. The van der Waals surface area contributed by atoms with Gasteiger partial charge in [0.2, 0.25) is 6.79 Å². The first-order valence-corrected chi connectivity index (χ1v) is 8.96. The van der Waals surface area contributed by atoms with Crippen molar-refractivity contribution in [2.45, 2.75) is 24.8 Å². The summed E-state index contributed by atoms with van der Waals surface area (Å²) in [6.07, 6.45) is 3.82. The van der Waals surface area contributed by atoms with Crippen LogP contribution in [0.2, 0.25) is 0 Å². The number of anilines is 1. The molecule has 2 aromatic rings. The minimum Gasteiger partial charge on any atom is -0.454 e. The summed E-state index contributed by atoms with van der Waals surface area (Å²) in [4.78, 5) is 5.26. The molecule has 1 saturated heterocycles. The Bertz CT molecular complexity index is 713. The fourth-order valence-electron chi connectivity index (χ4n) is 3.39. The smallest absolute Gasteiger partial charge is 0.231 e. The van der Waals surface area contributed by atoms with Crippen LogP contribution in [0, 0.1) is 0 Å². The Hall–Kier alpha value is -1.83. The number of nitrogens with two attached hydrogens (primary N) is 1. The first-order chi connectivity index (χ1) is 11.8. The van der Waals surface area contributed by atoms with Gasteiger partial charge in [0.25, 0.3) is 0 Å². The van der Waals surface area contributed by atoms with E-state index in [-0.39, 0.29) is 5.41 Å². The standard InChI is InChI=1S/C17H21N3O3S/c18-16-20-9-13(24-16)8-19-10-17(3-5-21-6-4-17)12-1-2-14-15(7-12)23-11-22-14/h1-2,7,9,19H,3-6,8,10-11H2,(H2,18,20). The number of rotatable bonds is 5. The van der Waals surface area contributed by atoms with Crippen LogP contribution in [0.25, 0.3) is 0 Å². The second-order valence-electron chi connectivity index (χ2n) is 6.23. The van der Waals surface area contributed by atoms with Gasteiger partial charge in [-0.25, -0.2) is 4.98 Å². The number of benzene rings is 1. The summed E-state index contributed by atoms with van der Waals surface area (Å²) in [5, 5.41) is 4.19. The van der Waals surface area contributed by atoms with Crippen molar-refractivity contribution < 1.29 is 14.2 Å². The number of fused-ring (bicyclic) bond motifs is 1. The zero-order valence-corrected chi connectivity index (χ0v) is 14.2. The number of aromatic nitrogens is 1. The lowest BCUT2D eigenvalue weighted by Crippen LogP contribution is -2.42. The first-order valence-electron chi connectivity index (χ1n) is 8.14. The highest BCUT2D eigenvalue weighted by Crippen LogP contribution is 2.40. The van der Waals surface area contributed by atoms with Crippen LogP contribution < -0.4 is 20.5 Å². The molecule has 3 heterocycles. The van der Waals surface area contributed by atoms with Crippen LogP contribution in [0.5, 0.6) is 11.5 Å². The fourth-order valence-corrected chi connectivity index (χ4v) is 4.04. The second-order valence-corrected chi connectivity index (χ2v) is 7.38. The Morgan fingerprint density at radius 3 is 2.83 bits per heavy atom. The van der Waals surface area contributed by atoms with Crippen molar-refractivity contribution in [1.82, 2.24) is 10.3 Å². The molecule has 2 aliphatic heterocycles. The highest BCUT2D eigenvalue weighted by atomic mass is 32.1. The molecule has 4 rings (SSSR count). The number of thiazole rings is 1. The molecule has 0 atom stereocenters. The van der Waals surface area contributed by atoms with Crippen LogP contribution in [-0.2, 0) is 16.7 Å². The molecule has 0 bridgehead atoms. The minimum absolute atomic E-state index is 0.0511. The Kier molecular flexibility index (Phi) is 4.30. The average Bonchev–Trinajstić information content (AvgIpc) is 3.24. The molecule has 0 spiro atoms. The number of ether oxygens (including phenoxy) is 3. The third-order valence-electron chi connectivity index (χ3n) is 4.77. The van der Waals surface area contributed by atoms with Gasteiger partial charge in [-0.2, -0.15) is 0 Å². The van der Waals surface area contributed by atoms with Gasteiger partial charge in [0.05, 0.1) is 0 Å². The van der Waals surface area contributed by atoms with Gasteiger partial charge in [0, 0.05) is 42.8 Å². The van der Waals surface area contributed by atoms with Gasteiger partial charge < -0.3 is 25.3 Å². The summed E-state index contributed by atoms with van der Waals surface area (Å²) < 4.78 is 16.6. The van der Waals surface area contributed by atoms with Crippen molar-refractivity contribution in [1.29, 1.82) is 0 Å².